The highest BCUT2D eigenvalue weighted by Gasteiger charge is 2.11. The summed E-state index contributed by atoms with van der Waals surface area (Å²) in [6, 6.07) is 10.3. The number of carbonyl (C=O) groups is 1. The fraction of sp³-hybridized carbons (Fsp3) is 0.176. The van der Waals surface area contributed by atoms with Gasteiger partial charge in [0.15, 0.2) is 11.5 Å². The number of nitrogens with zero attached hydrogens (tertiary/aromatic N) is 1. The Bertz CT molecular complexity index is 784. The van der Waals surface area contributed by atoms with Gasteiger partial charge in [0.05, 0.1) is 12.8 Å². The summed E-state index contributed by atoms with van der Waals surface area (Å²) in [6.07, 6.45) is 1.45. The van der Waals surface area contributed by atoms with Gasteiger partial charge >= 0.3 is 6.03 Å². The monoisotopic (exact) mass is 425 g/mol. The van der Waals surface area contributed by atoms with Crippen LogP contribution in [0.25, 0.3) is 0 Å². The van der Waals surface area contributed by atoms with Gasteiger partial charge in [-0.25, -0.2) is 10.2 Å². The van der Waals surface area contributed by atoms with Crippen LogP contribution in [0, 0.1) is 0 Å². The largest absolute Gasteiger partial charge is 0.490 e. The molecule has 0 unspecified atom stereocenters. The van der Waals surface area contributed by atoms with E-state index in [4.69, 9.17) is 26.8 Å². The number of ether oxygens (including phenoxy) is 2. The summed E-state index contributed by atoms with van der Waals surface area (Å²) in [4.78, 5) is 10.7. The number of carbonyl (C=O) groups excluding carboxylic acids is 1. The van der Waals surface area contributed by atoms with Gasteiger partial charge in [-0.2, -0.15) is 5.10 Å². The highest BCUT2D eigenvalue weighted by molar-refractivity contribution is 9.10. The molecule has 25 heavy (non-hydrogen) atoms. The number of hydrogen-bond acceptors (Lipinski definition) is 4. The first-order valence-electron chi connectivity index (χ1n) is 7.42. The third-order valence-electron chi connectivity index (χ3n) is 3.08. The first kappa shape index (κ1) is 19.1. The molecular weight excluding hydrogens is 410 g/mol. The van der Waals surface area contributed by atoms with Gasteiger partial charge in [0.2, 0.25) is 0 Å². The molecule has 0 aliphatic rings. The van der Waals surface area contributed by atoms with Crippen LogP contribution in [0.2, 0.25) is 5.02 Å². The van der Waals surface area contributed by atoms with E-state index in [1.807, 2.05) is 31.2 Å². The highest BCUT2D eigenvalue weighted by atomic mass is 79.9. The fourth-order valence-electron chi connectivity index (χ4n) is 1.97. The average molecular weight is 427 g/mol. The molecule has 0 atom stereocenters. The maximum Gasteiger partial charge on any atom is 0.332 e. The lowest BCUT2D eigenvalue weighted by Crippen LogP contribution is -2.24. The van der Waals surface area contributed by atoms with E-state index in [2.05, 4.69) is 26.5 Å². The van der Waals surface area contributed by atoms with E-state index in [1.165, 1.54) is 6.21 Å². The minimum atomic E-state index is -0.739. The topological polar surface area (TPSA) is 85.9 Å². The number of rotatable bonds is 7. The Hall–Kier alpha value is -2.25. The molecule has 132 valence electrons. The van der Waals surface area contributed by atoms with Crippen LogP contribution in [0.5, 0.6) is 11.5 Å². The van der Waals surface area contributed by atoms with Gasteiger partial charge in [0, 0.05) is 20.6 Å². The van der Waals surface area contributed by atoms with Crippen LogP contribution in [0.4, 0.5) is 4.79 Å². The number of urea groups is 1. The Morgan fingerprint density at radius 3 is 2.72 bits per heavy atom. The van der Waals surface area contributed by atoms with Crippen molar-refractivity contribution in [1.82, 2.24) is 5.43 Å². The zero-order valence-corrected chi connectivity index (χ0v) is 15.8. The van der Waals surface area contributed by atoms with E-state index in [1.54, 1.807) is 12.1 Å². The maximum atomic E-state index is 10.7. The Morgan fingerprint density at radius 2 is 2.04 bits per heavy atom. The van der Waals surface area contributed by atoms with Crippen molar-refractivity contribution in [2.75, 3.05) is 6.61 Å². The Balaban J connectivity index is 2.22. The molecule has 2 aromatic carbocycles. The first-order chi connectivity index (χ1) is 12.0. The summed E-state index contributed by atoms with van der Waals surface area (Å²) >= 11 is 9.59. The van der Waals surface area contributed by atoms with Gasteiger partial charge in [-0.05, 0) is 41.1 Å². The van der Waals surface area contributed by atoms with E-state index in [0.717, 1.165) is 10.0 Å². The van der Waals surface area contributed by atoms with Crippen LogP contribution >= 0.6 is 27.5 Å². The molecule has 0 aliphatic heterocycles. The Morgan fingerprint density at radius 1 is 1.32 bits per heavy atom. The fourth-order valence-corrected chi connectivity index (χ4v) is 2.58. The number of hydrazone groups is 1. The van der Waals surface area contributed by atoms with Crippen LogP contribution in [-0.2, 0) is 6.61 Å². The lowest BCUT2D eigenvalue weighted by Gasteiger charge is -2.14. The zero-order chi connectivity index (χ0) is 18.2. The van der Waals surface area contributed by atoms with Gasteiger partial charge in [-0.3, -0.25) is 0 Å². The predicted octanol–water partition coefficient (Wildman–Crippen LogP) is 4.08. The van der Waals surface area contributed by atoms with Crippen LogP contribution in [0.15, 0.2) is 46.0 Å². The summed E-state index contributed by atoms with van der Waals surface area (Å²) in [5.74, 6) is 1.12. The van der Waals surface area contributed by atoms with Crippen molar-refractivity contribution in [1.29, 1.82) is 0 Å². The number of benzene rings is 2. The number of amides is 2. The van der Waals surface area contributed by atoms with E-state index in [0.29, 0.717) is 35.3 Å². The van der Waals surface area contributed by atoms with Crippen LogP contribution in [0.3, 0.4) is 0 Å². The minimum Gasteiger partial charge on any atom is -0.490 e. The van der Waals surface area contributed by atoms with Gasteiger partial charge in [-0.1, -0.05) is 29.8 Å². The zero-order valence-electron chi connectivity index (χ0n) is 13.5. The number of primary amides is 1. The Labute approximate surface area is 159 Å². The second-order valence-corrected chi connectivity index (χ2v) is 6.13. The first-order valence-corrected chi connectivity index (χ1v) is 8.59. The number of nitrogens with one attached hydrogen (secondary N) is 1. The minimum absolute atomic E-state index is 0.308. The molecule has 2 aromatic rings. The van der Waals surface area contributed by atoms with Crippen molar-refractivity contribution in [3.8, 4) is 11.5 Å². The van der Waals surface area contributed by atoms with Crippen LogP contribution < -0.4 is 20.6 Å². The maximum absolute atomic E-state index is 10.7. The van der Waals surface area contributed by atoms with Crippen molar-refractivity contribution in [3.05, 3.63) is 57.0 Å². The lowest BCUT2D eigenvalue weighted by atomic mass is 10.2. The SMILES string of the molecule is CCOc1cc(C=NNC(N)=O)c(Br)cc1OCc1ccccc1Cl. The summed E-state index contributed by atoms with van der Waals surface area (Å²) in [5.41, 5.74) is 8.68. The molecule has 0 aromatic heterocycles. The van der Waals surface area contributed by atoms with Crippen molar-refractivity contribution in [2.24, 2.45) is 10.8 Å². The molecule has 6 nitrogen and oxygen atoms in total. The molecule has 0 heterocycles. The van der Waals surface area contributed by atoms with Gasteiger partial charge in [0.25, 0.3) is 0 Å². The van der Waals surface area contributed by atoms with Gasteiger partial charge in [0.1, 0.15) is 6.61 Å². The average Bonchev–Trinajstić information content (AvgIpc) is 2.57. The Kier molecular flexibility index (Phi) is 7.09. The smallest absolute Gasteiger partial charge is 0.332 e. The van der Waals surface area contributed by atoms with Crippen molar-refractivity contribution in [3.63, 3.8) is 0 Å². The highest BCUT2D eigenvalue weighted by Crippen LogP contribution is 2.34. The second-order valence-electron chi connectivity index (χ2n) is 4.87. The van der Waals surface area contributed by atoms with Crippen molar-refractivity contribution < 1.29 is 14.3 Å². The number of hydrogen-bond donors (Lipinski definition) is 2. The molecule has 3 N–H and O–H groups in total. The molecule has 8 heteroatoms. The van der Waals surface area contributed by atoms with E-state index >= 15 is 0 Å². The molecule has 0 saturated carbocycles. The molecule has 0 saturated heterocycles. The van der Waals surface area contributed by atoms with Crippen LogP contribution in [0.1, 0.15) is 18.1 Å². The summed E-state index contributed by atoms with van der Waals surface area (Å²) in [6.45, 7) is 2.66. The summed E-state index contributed by atoms with van der Waals surface area (Å²) in [5, 5.41) is 4.38. The van der Waals surface area contributed by atoms with Crippen molar-refractivity contribution in [2.45, 2.75) is 13.5 Å². The second kappa shape index (κ2) is 9.29. The molecule has 2 amide bonds. The third-order valence-corrected chi connectivity index (χ3v) is 4.14. The molecule has 2 rings (SSSR count). The van der Waals surface area contributed by atoms with E-state index in [-0.39, 0.29) is 0 Å². The lowest BCUT2D eigenvalue weighted by molar-refractivity contribution is 0.249. The molecule has 0 bridgehead atoms. The standard InChI is InChI=1S/C17H17BrClN3O3/c1-2-24-15-7-12(9-21-22-17(20)23)13(18)8-16(15)25-10-11-5-3-4-6-14(11)19/h3-9H,2,10H2,1H3,(H3,20,22,23). The predicted molar refractivity (Wildman–Crippen MR) is 101 cm³/mol. The summed E-state index contributed by atoms with van der Waals surface area (Å²) < 4.78 is 12.2. The normalized spacial score (nSPS) is 10.7. The molecule has 0 radical (unpaired) electrons. The van der Waals surface area contributed by atoms with Crippen LogP contribution in [-0.4, -0.2) is 18.9 Å². The summed E-state index contributed by atoms with van der Waals surface area (Å²) in [7, 11) is 0. The quantitative estimate of drug-likeness (QED) is 0.516. The molecule has 0 aliphatic carbocycles. The number of nitrogens with two attached hydrogens (primary N) is 1. The number of halogens is 2. The van der Waals surface area contributed by atoms with E-state index in [9.17, 15) is 4.79 Å². The molecule has 0 spiro atoms. The van der Waals surface area contributed by atoms with Gasteiger partial charge < -0.3 is 15.2 Å². The van der Waals surface area contributed by atoms with E-state index < -0.39 is 6.03 Å². The molecular formula is C17H17BrClN3O3. The van der Waals surface area contributed by atoms with Crippen molar-refractivity contribution >= 4 is 39.8 Å². The third kappa shape index (κ3) is 5.65. The molecule has 0 fully saturated rings. The van der Waals surface area contributed by atoms with Gasteiger partial charge in [-0.15, -0.1) is 0 Å².